The van der Waals surface area contributed by atoms with Crippen LogP contribution in [0.15, 0.2) is 17.1 Å². The van der Waals surface area contributed by atoms with Crippen molar-refractivity contribution in [2.75, 3.05) is 6.61 Å². The predicted octanol–water partition coefficient (Wildman–Crippen LogP) is 0.423. The van der Waals surface area contributed by atoms with Crippen molar-refractivity contribution < 1.29 is 28.5 Å². The Labute approximate surface area is 143 Å². The highest BCUT2D eigenvalue weighted by Crippen LogP contribution is 2.40. The van der Waals surface area contributed by atoms with Crippen LogP contribution in [0.25, 0.3) is 0 Å². The van der Waals surface area contributed by atoms with E-state index in [2.05, 4.69) is 4.98 Å². The van der Waals surface area contributed by atoms with Gasteiger partial charge in [-0.1, -0.05) is 0 Å². The Morgan fingerprint density at radius 2 is 2.08 bits per heavy atom. The molecule has 9 nitrogen and oxygen atoms in total. The van der Waals surface area contributed by atoms with E-state index in [0.717, 1.165) is 0 Å². The number of hydrogen-bond donors (Lipinski definition) is 0. The standard InChI is InChI=1S/C16H20N2O7/c1-8(19)22-7-9-11(24-14(21)16(2,3)4)12-13(23-9)18-6-5-10(20)17-15(18)25-12/h5-6,9,11-13H,7H2,1-4H3/t9-,11-,12+,13-/m1/s1. The lowest BCUT2D eigenvalue weighted by atomic mass is 9.97. The van der Waals surface area contributed by atoms with Crippen molar-refractivity contribution >= 4 is 11.9 Å². The first-order chi connectivity index (χ1) is 11.7. The predicted molar refractivity (Wildman–Crippen MR) is 82.8 cm³/mol. The zero-order valence-corrected chi connectivity index (χ0v) is 14.4. The number of fused-ring (bicyclic) bond motifs is 3. The smallest absolute Gasteiger partial charge is 0.311 e. The molecule has 3 heterocycles. The van der Waals surface area contributed by atoms with Crippen molar-refractivity contribution in [1.82, 2.24) is 9.55 Å². The number of ether oxygens (including phenoxy) is 4. The summed E-state index contributed by atoms with van der Waals surface area (Å²) < 4.78 is 23.7. The van der Waals surface area contributed by atoms with Crippen LogP contribution < -0.4 is 10.3 Å². The lowest BCUT2D eigenvalue weighted by molar-refractivity contribution is -0.167. The highest BCUT2D eigenvalue weighted by atomic mass is 16.7. The van der Waals surface area contributed by atoms with Crippen LogP contribution in [0.3, 0.4) is 0 Å². The number of rotatable bonds is 3. The molecule has 0 N–H and O–H groups in total. The van der Waals surface area contributed by atoms with Gasteiger partial charge in [-0.2, -0.15) is 4.98 Å². The third-order valence-corrected chi connectivity index (χ3v) is 3.91. The van der Waals surface area contributed by atoms with Gasteiger partial charge in [-0.05, 0) is 20.8 Å². The van der Waals surface area contributed by atoms with Gasteiger partial charge in [0.05, 0.1) is 5.41 Å². The van der Waals surface area contributed by atoms with Gasteiger partial charge in [0.1, 0.15) is 12.7 Å². The van der Waals surface area contributed by atoms with E-state index < -0.39 is 47.5 Å². The van der Waals surface area contributed by atoms with Gasteiger partial charge in [-0.3, -0.25) is 19.0 Å². The first kappa shape index (κ1) is 17.4. The maximum absolute atomic E-state index is 12.3. The molecule has 2 aliphatic rings. The van der Waals surface area contributed by atoms with E-state index in [-0.39, 0.29) is 12.6 Å². The fourth-order valence-corrected chi connectivity index (χ4v) is 2.63. The molecule has 1 saturated heterocycles. The van der Waals surface area contributed by atoms with Crippen molar-refractivity contribution in [2.45, 2.75) is 52.2 Å². The van der Waals surface area contributed by atoms with Crippen LogP contribution in [0, 0.1) is 5.41 Å². The van der Waals surface area contributed by atoms with Crippen LogP contribution in [-0.4, -0.2) is 46.4 Å². The van der Waals surface area contributed by atoms with Gasteiger partial charge in [0.15, 0.2) is 18.4 Å². The molecule has 0 unspecified atom stereocenters. The molecule has 0 aliphatic carbocycles. The average Bonchev–Trinajstić information content (AvgIpc) is 3.00. The van der Waals surface area contributed by atoms with Crippen LogP contribution in [0.2, 0.25) is 0 Å². The van der Waals surface area contributed by atoms with Crippen molar-refractivity contribution in [1.29, 1.82) is 0 Å². The molecule has 1 aromatic heterocycles. The van der Waals surface area contributed by atoms with Gasteiger partial charge in [0.25, 0.3) is 5.56 Å². The summed E-state index contributed by atoms with van der Waals surface area (Å²) in [6.07, 6.45) is -1.28. The summed E-state index contributed by atoms with van der Waals surface area (Å²) in [5, 5.41) is 0. The Bertz CT molecular complexity index is 752. The lowest BCUT2D eigenvalue weighted by Crippen LogP contribution is -2.42. The molecule has 25 heavy (non-hydrogen) atoms. The first-order valence-corrected chi connectivity index (χ1v) is 7.92. The summed E-state index contributed by atoms with van der Waals surface area (Å²) in [5.74, 6) is -0.898. The fraction of sp³-hybridized carbons (Fsp3) is 0.625. The Hall–Kier alpha value is -2.42. The monoisotopic (exact) mass is 352 g/mol. The Balaban J connectivity index is 1.85. The minimum absolute atomic E-state index is 0.0727. The van der Waals surface area contributed by atoms with E-state index >= 15 is 0 Å². The molecule has 0 saturated carbocycles. The topological polar surface area (TPSA) is 106 Å². The van der Waals surface area contributed by atoms with Gasteiger partial charge in [-0.15, -0.1) is 0 Å². The molecule has 1 aromatic rings. The van der Waals surface area contributed by atoms with Gasteiger partial charge in [0.2, 0.25) is 0 Å². The summed E-state index contributed by atoms with van der Waals surface area (Å²) in [5.41, 5.74) is -1.16. The molecule has 0 spiro atoms. The van der Waals surface area contributed by atoms with Crippen LogP contribution in [-0.2, 0) is 23.8 Å². The molecule has 1 fully saturated rings. The van der Waals surface area contributed by atoms with Gasteiger partial charge in [0, 0.05) is 19.2 Å². The van der Waals surface area contributed by atoms with Crippen LogP contribution in [0.1, 0.15) is 33.9 Å². The number of carbonyl (C=O) groups excluding carboxylic acids is 2. The zero-order chi connectivity index (χ0) is 18.4. The number of nitrogens with zero attached hydrogens (tertiary/aromatic N) is 2. The average molecular weight is 352 g/mol. The van der Waals surface area contributed by atoms with Crippen molar-refractivity contribution in [3.63, 3.8) is 0 Å². The van der Waals surface area contributed by atoms with E-state index in [1.54, 1.807) is 25.3 Å². The lowest BCUT2D eigenvalue weighted by Gasteiger charge is -2.25. The van der Waals surface area contributed by atoms with Gasteiger partial charge >= 0.3 is 17.9 Å². The molecule has 0 bridgehead atoms. The summed E-state index contributed by atoms with van der Waals surface area (Å²) >= 11 is 0. The van der Waals surface area contributed by atoms with Crippen molar-refractivity contribution in [3.8, 4) is 6.01 Å². The quantitative estimate of drug-likeness (QED) is 0.721. The molecule has 0 aromatic carbocycles. The first-order valence-electron chi connectivity index (χ1n) is 7.92. The number of hydrogen-bond acceptors (Lipinski definition) is 8. The summed E-state index contributed by atoms with van der Waals surface area (Å²) in [7, 11) is 0. The molecule has 9 heteroatoms. The normalized spacial score (nSPS) is 27.2. The highest BCUT2D eigenvalue weighted by molar-refractivity contribution is 5.75. The molecule has 3 rings (SSSR count). The summed E-state index contributed by atoms with van der Waals surface area (Å²) in [4.78, 5) is 38.6. The molecular formula is C16H20N2O7. The Morgan fingerprint density at radius 3 is 2.72 bits per heavy atom. The van der Waals surface area contributed by atoms with Crippen LogP contribution in [0.5, 0.6) is 6.01 Å². The van der Waals surface area contributed by atoms with E-state index in [0.29, 0.717) is 0 Å². The van der Waals surface area contributed by atoms with Gasteiger partial charge in [-0.25, -0.2) is 0 Å². The van der Waals surface area contributed by atoms with Crippen molar-refractivity contribution in [3.05, 3.63) is 22.6 Å². The van der Waals surface area contributed by atoms with Crippen molar-refractivity contribution in [2.24, 2.45) is 5.41 Å². The summed E-state index contributed by atoms with van der Waals surface area (Å²) in [6.45, 7) is 6.40. The molecule has 136 valence electrons. The summed E-state index contributed by atoms with van der Waals surface area (Å²) in [6, 6.07) is 1.39. The Kier molecular flexibility index (Phi) is 4.28. The van der Waals surface area contributed by atoms with Gasteiger partial charge < -0.3 is 18.9 Å². The third kappa shape index (κ3) is 3.37. The molecule has 2 aliphatic heterocycles. The molecule has 0 radical (unpaired) electrons. The second-order valence-corrected chi connectivity index (χ2v) is 7.03. The second-order valence-electron chi connectivity index (χ2n) is 7.03. The minimum atomic E-state index is -0.798. The minimum Gasteiger partial charge on any atom is -0.463 e. The van der Waals surface area contributed by atoms with E-state index in [1.807, 2.05) is 0 Å². The Morgan fingerprint density at radius 1 is 1.36 bits per heavy atom. The number of carbonyl (C=O) groups is 2. The maximum atomic E-state index is 12.3. The largest absolute Gasteiger partial charge is 0.463 e. The SMILES string of the molecule is CC(=O)OC[C@H]1O[C@@H]2[C@@H](Oc3nc(=O)ccn32)[C@@H]1OC(=O)C(C)(C)C. The van der Waals surface area contributed by atoms with E-state index in [1.165, 1.54) is 19.2 Å². The fourth-order valence-electron chi connectivity index (χ4n) is 2.63. The second kappa shape index (κ2) is 6.14. The third-order valence-electron chi connectivity index (χ3n) is 3.91. The van der Waals surface area contributed by atoms with Crippen LogP contribution in [0.4, 0.5) is 0 Å². The number of esters is 2. The molecule has 0 amide bonds. The molecule has 4 atom stereocenters. The van der Waals surface area contributed by atoms with Crippen LogP contribution >= 0.6 is 0 Å². The van der Waals surface area contributed by atoms with E-state index in [9.17, 15) is 14.4 Å². The zero-order valence-electron chi connectivity index (χ0n) is 14.4. The number of aromatic nitrogens is 2. The van der Waals surface area contributed by atoms with E-state index in [4.69, 9.17) is 18.9 Å². The highest BCUT2D eigenvalue weighted by Gasteiger charge is 2.54. The molecular weight excluding hydrogens is 332 g/mol. The maximum Gasteiger partial charge on any atom is 0.311 e.